The normalized spacial score (nSPS) is 10.4. The van der Waals surface area contributed by atoms with Crippen molar-refractivity contribution in [3.05, 3.63) is 58.4 Å². The summed E-state index contributed by atoms with van der Waals surface area (Å²) in [6.07, 6.45) is 0. The molecule has 2 aromatic carbocycles. The van der Waals surface area contributed by atoms with Crippen LogP contribution in [-0.2, 0) is 13.2 Å². The third kappa shape index (κ3) is 3.40. The average molecular weight is 297 g/mol. The van der Waals surface area contributed by atoms with Crippen LogP contribution < -0.4 is 9.47 Å². The van der Waals surface area contributed by atoms with Crippen LogP contribution in [-0.4, -0.2) is 12.2 Å². The summed E-state index contributed by atoms with van der Waals surface area (Å²) in [6, 6.07) is 9.64. The number of aliphatic hydroxyl groups is 1. The predicted molar refractivity (Wildman–Crippen MR) is 74.7 cm³/mol. The molecule has 0 atom stereocenters. The third-order valence-electron chi connectivity index (χ3n) is 2.79. The highest BCUT2D eigenvalue weighted by Gasteiger charge is 2.07. The van der Waals surface area contributed by atoms with Crippen molar-refractivity contribution >= 4 is 11.6 Å². The van der Waals surface area contributed by atoms with Crippen molar-refractivity contribution in [1.82, 2.24) is 0 Å². The van der Waals surface area contributed by atoms with Gasteiger partial charge in [-0.15, -0.1) is 0 Å². The minimum Gasteiger partial charge on any atom is -0.493 e. The Kier molecular flexibility index (Phi) is 4.82. The molecule has 0 heterocycles. The largest absolute Gasteiger partial charge is 0.493 e. The number of methoxy groups -OCH3 is 1. The number of hydrogen-bond acceptors (Lipinski definition) is 3. The molecule has 0 aliphatic rings. The molecule has 0 bridgehead atoms. The zero-order valence-electron chi connectivity index (χ0n) is 10.9. The topological polar surface area (TPSA) is 38.7 Å². The van der Waals surface area contributed by atoms with Crippen LogP contribution >= 0.6 is 11.6 Å². The van der Waals surface area contributed by atoms with Crippen molar-refractivity contribution in [3.8, 4) is 11.5 Å². The van der Waals surface area contributed by atoms with Gasteiger partial charge in [-0.25, -0.2) is 4.39 Å². The third-order valence-corrected chi connectivity index (χ3v) is 3.10. The Labute approximate surface area is 121 Å². The van der Waals surface area contributed by atoms with Crippen molar-refractivity contribution in [2.24, 2.45) is 0 Å². The standard InChI is InChI=1S/C15H14ClFO3/c1-19-14-5-3-10(8-18)7-15(14)20-9-11-2-4-12(16)13(17)6-11/h2-7,18H,8-9H2,1H3. The van der Waals surface area contributed by atoms with Gasteiger partial charge in [0.15, 0.2) is 11.5 Å². The van der Waals surface area contributed by atoms with E-state index < -0.39 is 5.82 Å². The van der Waals surface area contributed by atoms with E-state index in [1.54, 1.807) is 24.3 Å². The summed E-state index contributed by atoms with van der Waals surface area (Å²) in [4.78, 5) is 0. The van der Waals surface area contributed by atoms with Crippen LogP contribution in [0.3, 0.4) is 0 Å². The van der Waals surface area contributed by atoms with E-state index in [4.69, 9.17) is 26.2 Å². The van der Waals surface area contributed by atoms with E-state index in [1.165, 1.54) is 19.2 Å². The van der Waals surface area contributed by atoms with Crippen molar-refractivity contribution < 1.29 is 19.0 Å². The highest BCUT2D eigenvalue weighted by Crippen LogP contribution is 2.29. The maximum atomic E-state index is 13.3. The average Bonchev–Trinajstić information content (AvgIpc) is 2.48. The molecule has 1 N–H and O–H groups in total. The van der Waals surface area contributed by atoms with Gasteiger partial charge in [-0.05, 0) is 35.4 Å². The molecule has 2 aromatic rings. The molecule has 2 rings (SSSR count). The number of halogens is 2. The first-order valence-electron chi connectivity index (χ1n) is 5.98. The van der Waals surface area contributed by atoms with Crippen LogP contribution in [0.1, 0.15) is 11.1 Å². The molecular formula is C15H14ClFO3. The van der Waals surface area contributed by atoms with Crippen molar-refractivity contribution in [3.63, 3.8) is 0 Å². The minimum absolute atomic E-state index is 0.0774. The summed E-state index contributed by atoms with van der Waals surface area (Å²) < 4.78 is 24.1. The Hall–Kier alpha value is -1.78. The first-order chi connectivity index (χ1) is 9.63. The number of benzene rings is 2. The van der Waals surface area contributed by atoms with E-state index in [2.05, 4.69) is 0 Å². The summed E-state index contributed by atoms with van der Waals surface area (Å²) in [5.41, 5.74) is 1.37. The zero-order chi connectivity index (χ0) is 14.5. The molecule has 0 saturated heterocycles. The van der Waals surface area contributed by atoms with E-state index in [0.717, 1.165) is 0 Å². The summed E-state index contributed by atoms with van der Waals surface area (Å²) in [5.74, 6) is 0.565. The summed E-state index contributed by atoms with van der Waals surface area (Å²) >= 11 is 5.62. The molecule has 0 aliphatic carbocycles. The van der Waals surface area contributed by atoms with E-state index in [1.807, 2.05) is 0 Å². The van der Waals surface area contributed by atoms with Gasteiger partial charge < -0.3 is 14.6 Å². The van der Waals surface area contributed by atoms with Gasteiger partial charge in [0, 0.05) is 0 Å². The lowest BCUT2D eigenvalue weighted by atomic mass is 10.2. The van der Waals surface area contributed by atoms with Crippen molar-refractivity contribution in [2.75, 3.05) is 7.11 Å². The fourth-order valence-electron chi connectivity index (χ4n) is 1.72. The first-order valence-corrected chi connectivity index (χ1v) is 6.36. The van der Waals surface area contributed by atoms with Crippen LogP contribution in [0.5, 0.6) is 11.5 Å². The summed E-state index contributed by atoms with van der Waals surface area (Å²) in [6.45, 7) is 0.0925. The van der Waals surface area contributed by atoms with Gasteiger partial charge in [0.25, 0.3) is 0 Å². The SMILES string of the molecule is COc1ccc(CO)cc1OCc1ccc(Cl)c(F)c1. The van der Waals surface area contributed by atoms with Gasteiger partial charge in [-0.1, -0.05) is 23.7 Å². The number of rotatable bonds is 5. The zero-order valence-corrected chi connectivity index (χ0v) is 11.7. The monoisotopic (exact) mass is 296 g/mol. The molecule has 0 aliphatic heterocycles. The van der Waals surface area contributed by atoms with Crippen molar-refractivity contribution in [1.29, 1.82) is 0 Å². The Morgan fingerprint density at radius 2 is 1.85 bits per heavy atom. The van der Waals surface area contributed by atoms with Crippen LogP contribution in [0.4, 0.5) is 4.39 Å². The highest BCUT2D eigenvalue weighted by atomic mass is 35.5. The Balaban J connectivity index is 2.15. The number of aliphatic hydroxyl groups excluding tert-OH is 1. The second kappa shape index (κ2) is 6.59. The smallest absolute Gasteiger partial charge is 0.162 e. The first kappa shape index (κ1) is 14.6. The maximum Gasteiger partial charge on any atom is 0.162 e. The quantitative estimate of drug-likeness (QED) is 0.917. The summed E-state index contributed by atoms with van der Waals surface area (Å²) in [5, 5.41) is 9.19. The van der Waals surface area contributed by atoms with Gasteiger partial charge in [0.2, 0.25) is 0 Å². The molecule has 0 unspecified atom stereocenters. The molecule has 106 valence electrons. The second-order valence-electron chi connectivity index (χ2n) is 4.18. The number of ether oxygens (including phenoxy) is 2. The lowest BCUT2D eigenvalue weighted by molar-refractivity contribution is 0.271. The van der Waals surface area contributed by atoms with Gasteiger partial charge >= 0.3 is 0 Å². The number of hydrogen-bond donors (Lipinski definition) is 1. The molecule has 0 saturated carbocycles. The Morgan fingerprint density at radius 1 is 1.10 bits per heavy atom. The minimum atomic E-state index is -0.483. The van der Waals surface area contributed by atoms with Crippen molar-refractivity contribution in [2.45, 2.75) is 13.2 Å². The second-order valence-corrected chi connectivity index (χ2v) is 4.59. The van der Waals surface area contributed by atoms with Crippen LogP contribution in [0.25, 0.3) is 0 Å². The van der Waals surface area contributed by atoms with E-state index in [-0.39, 0.29) is 18.2 Å². The lowest BCUT2D eigenvalue weighted by Crippen LogP contribution is -1.99. The molecule has 3 nitrogen and oxygen atoms in total. The fraction of sp³-hybridized carbons (Fsp3) is 0.200. The van der Waals surface area contributed by atoms with Crippen LogP contribution in [0.2, 0.25) is 5.02 Å². The Morgan fingerprint density at radius 3 is 2.50 bits per heavy atom. The molecule has 0 aromatic heterocycles. The Bertz CT molecular complexity index is 602. The molecule has 5 heteroatoms. The molecule has 0 fully saturated rings. The van der Waals surface area contributed by atoms with Gasteiger partial charge in [-0.3, -0.25) is 0 Å². The maximum absolute atomic E-state index is 13.3. The van der Waals surface area contributed by atoms with Crippen LogP contribution in [0.15, 0.2) is 36.4 Å². The molecular weight excluding hydrogens is 283 g/mol. The van der Waals surface area contributed by atoms with Gasteiger partial charge in [-0.2, -0.15) is 0 Å². The van der Waals surface area contributed by atoms with E-state index in [9.17, 15) is 4.39 Å². The molecule has 20 heavy (non-hydrogen) atoms. The molecule has 0 amide bonds. The molecule has 0 spiro atoms. The fourth-order valence-corrected chi connectivity index (χ4v) is 1.84. The molecule has 0 radical (unpaired) electrons. The van der Waals surface area contributed by atoms with Crippen LogP contribution in [0, 0.1) is 5.82 Å². The van der Waals surface area contributed by atoms with E-state index >= 15 is 0 Å². The highest BCUT2D eigenvalue weighted by molar-refractivity contribution is 6.30. The predicted octanol–water partition coefficient (Wildman–Crippen LogP) is 3.56. The van der Waals surface area contributed by atoms with Gasteiger partial charge in [0.1, 0.15) is 12.4 Å². The van der Waals surface area contributed by atoms with Gasteiger partial charge in [0.05, 0.1) is 18.7 Å². The lowest BCUT2D eigenvalue weighted by Gasteiger charge is -2.12. The summed E-state index contributed by atoms with van der Waals surface area (Å²) in [7, 11) is 1.53. The van der Waals surface area contributed by atoms with E-state index in [0.29, 0.717) is 22.6 Å².